The van der Waals surface area contributed by atoms with Gasteiger partial charge in [-0.1, -0.05) is 64.1 Å². The van der Waals surface area contributed by atoms with Gasteiger partial charge < -0.3 is 24.1 Å². The molecule has 2 aliphatic carbocycles. The first-order valence-electron chi connectivity index (χ1n) is 14.4. The third-order valence-electron chi connectivity index (χ3n) is 8.31. The zero-order valence-electron chi connectivity index (χ0n) is 25.8. The first kappa shape index (κ1) is 33.0. The number of hydrogen-bond acceptors (Lipinski definition) is 9. The quantitative estimate of drug-likeness (QED) is 0.290. The summed E-state index contributed by atoms with van der Waals surface area (Å²) in [6.45, 7) is 13.2. The molecule has 9 nitrogen and oxygen atoms in total. The van der Waals surface area contributed by atoms with Crippen LogP contribution in [0.5, 0.6) is 0 Å². The number of aliphatic hydroxyl groups is 1. The molecule has 0 unspecified atom stereocenters. The lowest BCUT2D eigenvalue weighted by atomic mass is 9.75. The van der Waals surface area contributed by atoms with E-state index < -0.39 is 71.1 Å². The number of carbonyl (C=O) groups excluding carboxylic acids is 4. The second kappa shape index (κ2) is 13.2. The molecule has 8 atom stereocenters. The Hall–Kier alpha value is -3.46. The van der Waals surface area contributed by atoms with E-state index in [2.05, 4.69) is 0 Å². The van der Waals surface area contributed by atoms with Crippen LogP contribution >= 0.6 is 0 Å². The Morgan fingerprint density at radius 3 is 2.05 bits per heavy atom. The minimum atomic E-state index is -1.63. The van der Waals surface area contributed by atoms with Crippen LogP contribution in [-0.2, 0) is 33.3 Å². The van der Waals surface area contributed by atoms with Crippen LogP contribution in [0.2, 0.25) is 0 Å². The summed E-state index contributed by atoms with van der Waals surface area (Å²) in [6, 6.07) is 8.57. The average molecular weight is 585 g/mol. The van der Waals surface area contributed by atoms with Gasteiger partial charge in [0.1, 0.15) is 30.0 Å². The van der Waals surface area contributed by atoms with Crippen LogP contribution in [0.25, 0.3) is 0 Å². The van der Waals surface area contributed by atoms with Gasteiger partial charge in [0.2, 0.25) is 0 Å². The highest BCUT2D eigenvalue weighted by molar-refractivity contribution is 5.89. The predicted octanol–water partition coefficient (Wildman–Crippen LogP) is 4.96. The number of rotatable bonds is 5. The first-order valence-corrected chi connectivity index (χ1v) is 14.4. The number of carbonyl (C=O) groups is 4. The maximum absolute atomic E-state index is 13.2. The van der Waals surface area contributed by atoms with Crippen LogP contribution in [-0.4, -0.2) is 59.0 Å². The van der Waals surface area contributed by atoms with Crippen molar-refractivity contribution < 1.29 is 43.2 Å². The Morgan fingerprint density at radius 1 is 0.881 bits per heavy atom. The Kier molecular flexibility index (Phi) is 10.4. The SMILES string of the molecule is CC(=O)O[C@@H]1C[C@@H](OC(C)=O)C(C)(C)C=C[C@H](C)[C@H](OC(C)=O)[C@@]2(O)C[C@@H](C)[C@H](OC(=O)c3ccccc3)[C@@H]2C=C1C. The summed E-state index contributed by atoms with van der Waals surface area (Å²) in [7, 11) is 0. The van der Waals surface area contributed by atoms with Gasteiger partial charge in [-0.15, -0.1) is 0 Å². The molecule has 0 amide bonds. The van der Waals surface area contributed by atoms with Crippen molar-refractivity contribution in [3.8, 4) is 0 Å². The van der Waals surface area contributed by atoms with Crippen molar-refractivity contribution in [1.29, 1.82) is 0 Å². The smallest absolute Gasteiger partial charge is 0.338 e. The van der Waals surface area contributed by atoms with Crippen LogP contribution in [0.4, 0.5) is 0 Å². The summed E-state index contributed by atoms with van der Waals surface area (Å²) in [5, 5.41) is 12.5. The normalized spacial score (nSPS) is 32.7. The van der Waals surface area contributed by atoms with E-state index in [1.54, 1.807) is 43.3 Å². The van der Waals surface area contributed by atoms with Crippen LogP contribution < -0.4 is 0 Å². The second-order valence-corrected chi connectivity index (χ2v) is 12.3. The summed E-state index contributed by atoms with van der Waals surface area (Å²) in [4.78, 5) is 49.9. The van der Waals surface area contributed by atoms with Crippen molar-refractivity contribution >= 4 is 23.9 Å². The molecule has 2 aliphatic rings. The molecule has 230 valence electrons. The minimum absolute atomic E-state index is 0.162. The topological polar surface area (TPSA) is 125 Å². The van der Waals surface area contributed by atoms with E-state index in [1.807, 2.05) is 39.8 Å². The molecule has 0 radical (unpaired) electrons. The fourth-order valence-corrected chi connectivity index (χ4v) is 6.17. The highest BCUT2D eigenvalue weighted by atomic mass is 16.6. The van der Waals surface area contributed by atoms with E-state index >= 15 is 0 Å². The first-order chi connectivity index (χ1) is 19.5. The van der Waals surface area contributed by atoms with Crippen molar-refractivity contribution in [2.45, 2.75) is 98.2 Å². The fraction of sp³-hybridized carbons (Fsp3) is 0.576. The summed E-state index contributed by atoms with van der Waals surface area (Å²) in [6.07, 6.45) is 2.54. The van der Waals surface area contributed by atoms with E-state index in [0.717, 1.165) is 0 Å². The van der Waals surface area contributed by atoms with Gasteiger partial charge in [0.15, 0.2) is 0 Å². The monoisotopic (exact) mass is 584 g/mol. The maximum Gasteiger partial charge on any atom is 0.338 e. The predicted molar refractivity (Wildman–Crippen MR) is 155 cm³/mol. The Labute approximate surface area is 248 Å². The molecule has 1 aromatic rings. The molecular formula is C33H44O9. The van der Waals surface area contributed by atoms with E-state index in [0.29, 0.717) is 11.1 Å². The molecule has 1 saturated carbocycles. The number of hydrogen-bond donors (Lipinski definition) is 1. The molecule has 9 heteroatoms. The summed E-state index contributed by atoms with van der Waals surface area (Å²) < 4.78 is 23.3. The van der Waals surface area contributed by atoms with Crippen LogP contribution in [0.15, 0.2) is 54.1 Å². The second-order valence-electron chi connectivity index (χ2n) is 12.3. The molecule has 0 heterocycles. The zero-order chi connectivity index (χ0) is 31.4. The van der Waals surface area contributed by atoms with Crippen LogP contribution in [0.3, 0.4) is 0 Å². The van der Waals surface area contributed by atoms with Gasteiger partial charge in [0, 0.05) is 44.4 Å². The third kappa shape index (κ3) is 7.68. The molecule has 1 fully saturated rings. The maximum atomic E-state index is 13.2. The molecule has 0 aromatic heterocycles. The highest BCUT2D eigenvalue weighted by Gasteiger charge is 2.58. The van der Waals surface area contributed by atoms with Crippen molar-refractivity contribution in [3.05, 3.63) is 59.7 Å². The van der Waals surface area contributed by atoms with E-state index in [9.17, 15) is 24.3 Å². The average Bonchev–Trinajstić information content (AvgIpc) is 3.13. The van der Waals surface area contributed by atoms with Gasteiger partial charge in [-0.2, -0.15) is 0 Å². The largest absolute Gasteiger partial charge is 0.461 e. The third-order valence-corrected chi connectivity index (χ3v) is 8.31. The Balaban J connectivity index is 2.20. The Bertz CT molecular complexity index is 1220. The number of fused-ring (bicyclic) bond motifs is 1. The minimum Gasteiger partial charge on any atom is -0.461 e. The van der Waals surface area contributed by atoms with Crippen molar-refractivity contribution in [3.63, 3.8) is 0 Å². The summed E-state index contributed by atoms with van der Waals surface area (Å²) in [5.41, 5.74) is -1.39. The standard InChI is InChI=1S/C33H44O9/c1-19-14-15-32(7,8)28(40-23(5)35)17-27(39-22(4)34)20(2)16-26-29(42-31(37)25-12-10-9-11-13-25)21(3)18-33(26,38)30(19)41-24(6)36/h9-16,19,21,26-30,38H,17-18H2,1-8H3/t19-,21+,26-,27+,28+,29-,30-,33+/m0/s1. The van der Waals surface area contributed by atoms with Gasteiger partial charge >= 0.3 is 23.9 Å². The van der Waals surface area contributed by atoms with Gasteiger partial charge in [0.05, 0.1) is 5.56 Å². The van der Waals surface area contributed by atoms with Crippen LogP contribution in [0, 0.1) is 23.2 Å². The lowest BCUT2D eigenvalue weighted by Crippen LogP contribution is -2.52. The molecule has 0 spiro atoms. The molecule has 1 aromatic carbocycles. The van der Waals surface area contributed by atoms with Gasteiger partial charge in [-0.25, -0.2) is 4.79 Å². The molecule has 0 saturated heterocycles. The van der Waals surface area contributed by atoms with E-state index in [1.165, 1.54) is 20.8 Å². The molecule has 1 N–H and O–H groups in total. The van der Waals surface area contributed by atoms with Gasteiger partial charge in [-0.05, 0) is 37.0 Å². The summed E-state index contributed by atoms with van der Waals surface area (Å²) >= 11 is 0. The molecule has 0 aliphatic heterocycles. The summed E-state index contributed by atoms with van der Waals surface area (Å²) in [5.74, 6) is -3.71. The number of ether oxygens (including phenoxy) is 4. The number of benzene rings is 1. The molecular weight excluding hydrogens is 540 g/mol. The lowest BCUT2D eigenvalue weighted by molar-refractivity contribution is -0.173. The fourth-order valence-electron chi connectivity index (χ4n) is 6.17. The molecule has 3 rings (SSSR count). The lowest BCUT2D eigenvalue weighted by Gasteiger charge is -2.41. The van der Waals surface area contributed by atoms with Crippen molar-refractivity contribution in [1.82, 2.24) is 0 Å². The Morgan fingerprint density at radius 2 is 1.48 bits per heavy atom. The van der Waals surface area contributed by atoms with Gasteiger partial charge in [-0.3, -0.25) is 14.4 Å². The highest BCUT2D eigenvalue weighted by Crippen LogP contribution is 2.48. The van der Waals surface area contributed by atoms with E-state index in [4.69, 9.17) is 18.9 Å². The molecule has 0 bridgehead atoms. The van der Waals surface area contributed by atoms with Crippen molar-refractivity contribution in [2.75, 3.05) is 0 Å². The van der Waals surface area contributed by atoms with Gasteiger partial charge in [0.25, 0.3) is 0 Å². The van der Waals surface area contributed by atoms with E-state index in [-0.39, 0.29) is 18.8 Å². The van der Waals surface area contributed by atoms with Crippen LogP contribution in [0.1, 0.15) is 78.6 Å². The molecule has 42 heavy (non-hydrogen) atoms. The van der Waals surface area contributed by atoms with Crippen molar-refractivity contribution in [2.24, 2.45) is 23.2 Å². The number of esters is 4. The zero-order valence-corrected chi connectivity index (χ0v) is 25.8.